The average molecular weight is 314 g/mol. The quantitative estimate of drug-likeness (QED) is 0.773. The number of carbonyl (C=O) groups excluding carboxylic acids is 2. The summed E-state index contributed by atoms with van der Waals surface area (Å²) in [6.45, 7) is 4.84. The zero-order valence-electron chi connectivity index (χ0n) is 13.3. The van der Waals surface area contributed by atoms with Crippen LogP contribution in [0, 0.1) is 17.3 Å². The summed E-state index contributed by atoms with van der Waals surface area (Å²) in [4.78, 5) is 35.0. The van der Waals surface area contributed by atoms with Crippen LogP contribution in [0.2, 0.25) is 0 Å². The van der Waals surface area contributed by atoms with Crippen molar-refractivity contribution in [3.63, 3.8) is 0 Å². The van der Waals surface area contributed by atoms with Gasteiger partial charge < -0.3 is 14.0 Å². The summed E-state index contributed by atoms with van der Waals surface area (Å²) in [5.41, 5.74) is 1.01. The molecule has 0 aromatic carbocycles. The molecule has 0 N–H and O–H groups in total. The number of imidazole rings is 1. The van der Waals surface area contributed by atoms with Crippen LogP contribution in [0.15, 0.2) is 24.8 Å². The molecule has 2 fully saturated rings. The minimum Gasteiger partial charge on any atom is -0.467 e. The van der Waals surface area contributed by atoms with Crippen LogP contribution in [0.5, 0.6) is 0 Å². The number of likely N-dealkylation sites (tertiary alicyclic amines) is 1. The molecular formula is C16H18N4O3. The third-order valence-corrected chi connectivity index (χ3v) is 5.40. The summed E-state index contributed by atoms with van der Waals surface area (Å²) in [5.74, 6) is -0.0687. The number of piperidine rings is 1. The van der Waals surface area contributed by atoms with Gasteiger partial charge in [0.25, 0.3) is 5.91 Å². The topological polar surface area (TPSA) is 76.8 Å². The fraction of sp³-hybridized carbons (Fsp3) is 0.500. The van der Waals surface area contributed by atoms with E-state index in [1.807, 2.05) is 0 Å². The van der Waals surface area contributed by atoms with Crippen LogP contribution in [0.1, 0.15) is 24.3 Å². The highest BCUT2D eigenvalue weighted by Gasteiger charge is 2.69. The predicted molar refractivity (Wildman–Crippen MR) is 80.6 cm³/mol. The highest BCUT2D eigenvalue weighted by atomic mass is 16.5. The minimum absolute atomic E-state index is 0.0818. The van der Waals surface area contributed by atoms with Gasteiger partial charge in [-0.2, -0.15) is 0 Å². The van der Waals surface area contributed by atoms with Gasteiger partial charge in [0, 0.05) is 31.1 Å². The van der Waals surface area contributed by atoms with E-state index in [4.69, 9.17) is 4.74 Å². The lowest BCUT2D eigenvalue weighted by Gasteiger charge is -2.28. The van der Waals surface area contributed by atoms with Crippen LogP contribution in [0.4, 0.5) is 0 Å². The Morgan fingerprint density at radius 3 is 2.87 bits per heavy atom. The van der Waals surface area contributed by atoms with Crippen molar-refractivity contribution in [2.24, 2.45) is 17.3 Å². The van der Waals surface area contributed by atoms with Gasteiger partial charge >= 0.3 is 5.97 Å². The van der Waals surface area contributed by atoms with Crippen LogP contribution in [-0.4, -0.2) is 50.8 Å². The predicted octanol–water partition coefficient (Wildman–Crippen LogP) is 0.999. The van der Waals surface area contributed by atoms with Gasteiger partial charge in [-0.1, -0.05) is 13.8 Å². The zero-order chi connectivity index (χ0) is 16.4. The maximum Gasteiger partial charge on any atom is 0.328 e. The average Bonchev–Trinajstić information content (AvgIpc) is 2.97. The van der Waals surface area contributed by atoms with E-state index in [1.54, 1.807) is 34.1 Å². The van der Waals surface area contributed by atoms with Crippen molar-refractivity contribution in [1.82, 2.24) is 19.3 Å². The third-order valence-electron chi connectivity index (χ3n) is 5.40. The van der Waals surface area contributed by atoms with Crippen LogP contribution < -0.4 is 0 Å². The molecule has 7 heteroatoms. The largest absolute Gasteiger partial charge is 0.467 e. The minimum atomic E-state index is -0.518. The van der Waals surface area contributed by atoms with E-state index in [9.17, 15) is 9.59 Å². The summed E-state index contributed by atoms with van der Waals surface area (Å²) in [6, 6.07) is -0.518. The van der Waals surface area contributed by atoms with Gasteiger partial charge in [0.1, 0.15) is 11.7 Å². The normalized spacial score (nSPS) is 27.8. The van der Waals surface area contributed by atoms with Crippen molar-refractivity contribution in [3.05, 3.63) is 30.5 Å². The molecule has 0 spiro atoms. The number of fused-ring (bicyclic) bond motifs is 2. The first-order valence-electron chi connectivity index (χ1n) is 7.62. The van der Waals surface area contributed by atoms with Crippen molar-refractivity contribution in [2.75, 3.05) is 13.7 Å². The Morgan fingerprint density at radius 1 is 1.39 bits per heavy atom. The molecule has 120 valence electrons. The fourth-order valence-electron chi connectivity index (χ4n) is 3.98. The molecule has 4 rings (SSSR count). The van der Waals surface area contributed by atoms with E-state index in [1.165, 1.54) is 7.11 Å². The fourth-order valence-corrected chi connectivity index (χ4v) is 3.98. The lowest BCUT2D eigenvalue weighted by Crippen LogP contribution is -2.46. The maximum absolute atomic E-state index is 12.8. The molecule has 1 aliphatic carbocycles. The number of nitrogens with zero attached hydrogens (tertiary/aromatic N) is 4. The number of ether oxygens (including phenoxy) is 1. The SMILES string of the molecule is COC(=O)[C@@H]1[C@@H]2[C@H](CN1C(=O)c1cn3ccncc3n1)C2(C)C. The lowest BCUT2D eigenvalue weighted by atomic mass is 10.0. The van der Waals surface area contributed by atoms with Gasteiger partial charge in [-0.25, -0.2) is 9.78 Å². The summed E-state index contributed by atoms with van der Waals surface area (Å²) >= 11 is 0. The van der Waals surface area contributed by atoms with Crippen molar-refractivity contribution in [2.45, 2.75) is 19.9 Å². The Morgan fingerprint density at radius 2 is 2.17 bits per heavy atom. The van der Waals surface area contributed by atoms with Gasteiger partial charge in [-0.05, 0) is 11.3 Å². The number of amides is 1. The van der Waals surface area contributed by atoms with E-state index < -0.39 is 6.04 Å². The van der Waals surface area contributed by atoms with Crippen LogP contribution in [-0.2, 0) is 9.53 Å². The monoisotopic (exact) mass is 314 g/mol. The van der Waals surface area contributed by atoms with Crippen LogP contribution >= 0.6 is 0 Å². The highest BCUT2D eigenvalue weighted by Crippen LogP contribution is 2.65. The van der Waals surface area contributed by atoms with Gasteiger partial charge in [0.05, 0.1) is 13.3 Å². The molecule has 2 aromatic heterocycles. The highest BCUT2D eigenvalue weighted by molar-refractivity contribution is 5.96. The number of carbonyl (C=O) groups is 2. The third kappa shape index (κ3) is 1.89. The molecule has 2 aliphatic rings. The van der Waals surface area contributed by atoms with E-state index >= 15 is 0 Å². The van der Waals surface area contributed by atoms with Crippen molar-refractivity contribution >= 4 is 17.5 Å². The number of esters is 1. The Balaban J connectivity index is 1.66. The number of hydrogen-bond acceptors (Lipinski definition) is 5. The molecule has 0 unspecified atom stereocenters. The number of rotatable bonds is 2. The zero-order valence-corrected chi connectivity index (χ0v) is 13.3. The first-order valence-corrected chi connectivity index (χ1v) is 7.62. The molecule has 3 heterocycles. The molecular weight excluding hydrogens is 296 g/mol. The smallest absolute Gasteiger partial charge is 0.328 e. The lowest BCUT2D eigenvalue weighted by molar-refractivity contribution is -0.146. The Kier molecular flexibility index (Phi) is 2.79. The van der Waals surface area contributed by atoms with Gasteiger partial charge in [0.15, 0.2) is 5.65 Å². The second-order valence-corrected chi connectivity index (χ2v) is 6.85. The number of hydrogen-bond donors (Lipinski definition) is 0. The molecule has 3 atom stereocenters. The van der Waals surface area contributed by atoms with Crippen molar-refractivity contribution in [1.29, 1.82) is 0 Å². The summed E-state index contributed by atoms with van der Waals surface area (Å²) in [6.07, 6.45) is 6.64. The second-order valence-electron chi connectivity index (χ2n) is 6.85. The Bertz CT molecular complexity index is 780. The first kappa shape index (κ1) is 14.2. The van der Waals surface area contributed by atoms with Crippen molar-refractivity contribution < 1.29 is 14.3 Å². The van der Waals surface area contributed by atoms with Gasteiger partial charge in [0.2, 0.25) is 0 Å². The molecule has 0 radical (unpaired) electrons. The summed E-state index contributed by atoms with van der Waals surface area (Å²) < 4.78 is 6.68. The molecule has 1 aliphatic heterocycles. The maximum atomic E-state index is 12.8. The van der Waals surface area contributed by atoms with E-state index in [0.29, 0.717) is 23.8 Å². The van der Waals surface area contributed by atoms with Crippen LogP contribution in [0.3, 0.4) is 0 Å². The number of aromatic nitrogens is 3. The van der Waals surface area contributed by atoms with E-state index in [-0.39, 0.29) is 23.2 Å². The van der Waals surface area contributed by atoms with E-state index in [2.05, 4.69) is 23.8 Å². The molecule has 2 aromatic rings. The molecule has 1 saturated carbocycles. The second kappa shape index (κ2) is 4.53. The Labute approximate surface area is 133 Å². The standard InChI is InChI=1S/C16H18N4O3/c1-16(2)9-7-20(13(12(9)16)15(22)23-3)14(21)10-8-19-5-4-17-6-11(19)18-10/h4-6,8-9,12-13H,7H2,1-3H3/t9-,12-,13-/m0/s1. The molecule has 1 saturated heterocycles. The molecule has 0 bridgehead atoms. The number of methoxy groups -OCH3 is 1. The molecule has 1 amide bonds. The van der Waals surface area contributed by atoms with Crippen molar-refractivity contribution in [3.8, 4) is 0 Å². The van der Waals surface area contributed by atoms with Gasteiger partial charge in [-0.3, -0.25) is 9.78 Å². The first-order chi connectivity index (χ1) is 10.9. The summed E-state index contributed by atoms with van der Waals surface area (Å²) in [5, 5.41) is 0. The molecule has 23 heavy (non-hydrogen) atoms. The van der Waals surface area contributed by atoms with E-state index in [0.717, 1.165) is 0 Å². The molecule has 7 nitrogen and oxygen atoms in total. The summed E-state index contributed by atoms with van der Waals surface area (Å²) in [7, 11) is 1.37. The Hall–Kier alpha value is -2.44. The van der Waals surface area contributed by atoms with Crippen LogP contribution in [0.25, 0.3) is 5.65 Å². The van der Waals surface area contributed by atoms with Gasteiger partial charge in [-0.15, -0.1) is 0 Å².